The minimum atomic E-state index is -0.794. The van der Waals surface area contributed by atoms with E-state index >= 15 is 0 Å². The number of hydrogen-bond acceptors (Lipinski definition) is 2. The summed E-state index contributed by atoms with van der Waals surface area (Å²) in [4.78, 5) is 16.2. The van der Waals surface area contributed by atoms with E-state index in [0.29, 0.717) is 6.61 Å². The second-order valence-electron chi connectivity index (χ2n) is 3.76. The van der Waals surface area contributed by atoms with Gasteiger partial charge in [0.25, 0.3) is 5.91 Å². The topological polar surface area (TPSA) is 38.3 Å². The van der Waals surface area contributed by atoms with Crippen molar-refractivity contribution >= 4 is 5.91 Å². The van der Waals surface area contributed by atoms with Crippen molar-refractivity contribution in [3.05, 3.63) is 35.4 Å². The van der Waals surface area contributed by atoms with E-state index in [2.05, 4.69) is 5.48 Å². The van der Waals surface area contributed by atoms with E-state index < -0.39 is 17.5 Å². The predicted octanol–water partition coefficient (Wildman–Crippen LogP) is 2.28. The van der Waals surface area contributed by atoms with Crippen LogP contribution in [0, 0.1) is 17.6 Å². The van der Waals surface area contributed by atoms with Crippen molar-refractivity contribution in [1.82, 2.24) is 5.48 Å². The Morgan fingerprint density at radius 2 is 2.12 bits per heavy atom. The molecule has 0 aliphatic carbocycles. The Morgan fingerprint density at radius 1 is 1.44 bits per heavy atom. The molecular formula is C11H13F2NO2. The van der Waals surface area contributed by atoms with E-state index in [1.54, 1.807) is 0 Å². The molecule has 0 aliphatic heterocycles. The largest absolute Gasteiger partial charge is 0.277 e. The average molecular weight is 229 g/mol. The smallest absolute Gasteiger partial charge is 0.273 e. The van der Waals surface area contributed by atoms with E-state index in [0.717, 1.165) is 18.2 Å². The van der Waals surface area contributed by atoms with Crippen LogP contribution in [0.25, 0.3) is 0 Å². The summed E-state index contributed by atoms with van der Waals surface area (Å²) in [5.74, 6) is -2.02. The van der Waals surface area contributed by atoms with E-state index in [4.69, 9.17) is 4.84 Å². The lowest BCUT2D eigenvalue weighted by molar-refractivity contribution is 0.0205. The Bertz CT molecular complexity index is 380. The Balaban J connectivity index is 2.62. The molecule has 0 aliphatic rings. The first-order chi connectivity index (χ1) is 7.50. The molecule has 0 spiro atoms. The van der Waals surface area contributed by atoms with Crippen molar-refractivity contribution in [3.8, 4) is 0 Å². The van der Waals surface area contributed by atoms with Gasteiger partial charge in [0.05, 0.1) is 12.2 Å². The number of rotatable bonds is 4. The summed E-state index contributed by atoms with van der Waals surface area (Å²) in [6.45, 7) is 4.10. The summed E-state index contributed by atoms with van der Waals surface area (Å²) in [5, 5.41) is 0. The predicted molar refractivity (Wildman–Crippen MR) is 54.6 cm³/mol. The zero-order valence-electron chi connectivity index (χ0n) is 9.09. The van der Waals surface area contributed by atoms with Crippen LogP contribution in [-0.2, 0) is 4.84 Å². The molecule has 0 fully saturated rings. The highest BCUT2D eigenvalue weighted by atomic mass is 19.1. The van der Waals surface area contributed by atoms with Crippen molar-refractivity contribution in [1.29, 1.82) is 0 Å². The van der Waals surface area contributed by atoms with Gasteiger partial charge in [-0.1, -0.05) is 13.8 Å². The zero-order valence-corrected chi connectivity index (χ0v) is 9.09. The molecule has 5 heteroatoms. The van der Waals surface area contributed by atoms with Gasteiger partial charge in [0.2, 0.25) is 0 Å². The summed E-state index contributed by atoms with van der Waals surface area (Å²) in [7, 11) is 0. The highest BCUT2D eigenvalue weighted by molar-refractivity contribution is 5.93. The third kappa shape index (κ3) is 3.58. The molecule has 3 nitrogen and oxygen atoms in total. The third-order valence-corrected chi connectivity index (χ3v) is 1.75. The first-order valence-corrected chi connectivity index (χ1v) is 4.88. The fourth-order valence-corrected chi connectivity index (χ4v) is 1.00. The van der Waals surface area contributed by atoms with E-state index in [1.165, 1.54) is 0 Å². The fraction of sp³-hybridized carbons (Fsp3) is 0.364. The molecule has 16 heavy (non-hydrogen) atoms. The molecule has 1 N–H and O–H groups in total. The molecule has 1 aromatic rings. The van der Waals surface area contributed by atoms with Gasteiger partial charge in [-0.2, -0.15) is 0 Å². The summed E-state index contributed by atoms with van der Waals surface area (Å²) in [6.07, 6.45) is 0. The van der Waals surface area contributed by atoms with Crippen molar-refractivity contribution in [2.24, 2.45) is 5.92 Å². The molecule has 1 rings (SSSR count). The van der Waals surface area contributed by atoms with Gasteiger partial charge in [0, 0.05) is 0 Å². The molecule has 0 atom stereocenters. The minimum Gasteiger partial charge on any atom is -0.273 e. The molecule has 0 radical (unpaired) electrons. The van der Waals surface area contributed by atoms with Crippen LogP contribution in [-0.4, -0.2) is 12.5 Å². The van der Waals surface area contributed by atoms with Gasteiger partial charge in [-0.15, -0.1) is 0 Å². The van der Waals surface area contributed by atoms with Gasteiger partial charge >= 0.3 is 0 Å². The normalized spacial score (nSPS) is 10.6. The van der Waals surface area contributed by atoms with Gasteiger partial charge in [-0.3, -0.25) is 9.63 Å². The first-order valence-electron chi connectivity index (χ1n) is 4.88. The number of nitrogens with one attached hydrogen (secondary N) is 1. The Kier molecular flexibility index (Phi) is 4.37. The number of hydroxylamine groups is 1. The van der Waals surface area contributed by atoms with Crippen LogP contribution in [0.3, 0.4) is 0 Å². The Hall–Kier alpha value is -1.49. The van der Waals surface area contributed by atoms with Crippen LogP contribution in [0.1, 0.15) is 24.2 Å². The highest BCUT2D eigenvalue weighted by Gasteiger charge is 2.12. The number of halogens is 2. The molecule has 1 amide bonds. The van der Waals surface area contributed by atoms with Gasteiger partial charge in [0.15, 0.2) is 0 Å². The van der Waals surface area contributed by atoms with Crippen LogP contribution in [0.5, 0.6) is 0 Å². The monoisotopic (exact) mass is 229 g/mol. The Labute approximate surface area is 92.4 Å². The fourth-order valence-electron chi connectivity index (χ4n) is 1.00. The van der Waals surface area contributed by atoms with Crippen LogP contribution in [0.15, 0.2) is 18.2 Å². The summed E-state index contributed by atoms with van der Waals surface area (Å²) >= 11 is 0. The molecule has 0 heterocycles. The molecule has 88 valence electrons. The maximum Gasteiger partial charge on any atom is 0.277 e. The van der Waals surface area contributed by atoms with E-state index in [-0.39, 0.29) is 11.5 Å². The van der Waals surface area contributed by atoms with Crippen LogP contribution in [0.4, 0.5) is 8.78 Å². The van der Waals surface area contributed by atoms with Crippen LogP contribution < -0.4 is 5.48 Å². The SMILES string of the molecule is CC(C)CONC(=O)c1cc(F)ccc1F. The number of amides is 1. The number of carbonyl (C=O) groups excluding carboxylic acids is 1. The van der Waals surface area contributed by atoms with Crippen molar-refractivity contribution in [2.75, 3.05) is 6.61 Å². The van der Waals surface area contributed by atoms with Gasteiger partial charge < -0.3 is 0 Å². The van der Waals surface area contributed by atoms with Gasteiger partial charge in [-0.05, 0) is 24.1 Å². The quantitative estimate of drug-likeness (QED) is 0.804. The third-order valence-electron chi connectivity index (χ3n) is 1.75. The summed E-state index contributed by atoms with van der Waals surface area (Å²) in [6, 6.07) is 2.66. The zero-order chi connectivity index (χ0) is 12.1. The molecule has 0 unspecified atom stereocenters. The second-order valence-corrected chi connectivity index (χ2v) is 3.76. The van der Waals surface area contributed by atoms with Crippen molar-refractivity contribution < 1.29 is 18.4 Å². The molecule has 0 saturated heterocycles. The molecule has 0 bridgehead atoms. The molecular weight excluding hydrogens is 216 g/mol. The summed E-state index contributed by atoms with van der Waals surface area (Å²) < 4.78 is 25.9. The van der Waals surface area contributed by atoms with E-state index in [1.807, 2.05) is 13.8 Å². The van der Waals surface area contributed by atoms with Crippen molar-refractivity contribution in [2.45, 2.75) is 13.8 Å². The van der Waals surface area contributed by atoms with Gasteiger partial charge in [0.1, 0.15) is 11.6 Å². The number of benzene rings is 1. The molecule has 0 saturated carbocycles. The number of carbonyl (C=O) groups is 1. The lowest BCUT2D eigenvalue weighted by Crippen LogP contribution is -2.26. The summed E-state index contributed by atoms with van der Waals surface area (Å²) in [5.41, 5.74) is 1.68. The average Bonchev–Trinajstić information content (AvgIpc) is 2.21. The number of hydrogen-bond donors (Lipinski definition) is 1. The second kappa shape index (κ2) is 5.55. The lowest BCUT2D eigenvalue weighted by Gasteiger charge is -2.08. The van der Waals surface area contributed by atoms with Crippen LogP contribution >= 0.6 is 0 Å². The lowest BCUT2D eigenvalue weighted by atomic mass is 10.2. The van der Waals surface area contributed by atoms with Crippen LogP contribution in [0.2, 0.25) is 0 Å². The van der Waals surface area contributed by atoms with E-state index in [9.17, 15) is 13.6 Å². The van der Waals surface area contributed by atoms with Gasteiger partial charge in [-0.25, -0.2) is 14.3 Å². The maximum atomic E-state index is 13.1. The van der Waals surface area contributed by atoms with Crippen molar-refractivity contribution in [3.63, 3.8) is 0 Å². The molecule has 0 aromatic heterocycles. The highest BCUT2D eigenvalue weighted by Crippen LogP contribution is 2.09. The minimum absolute atomic E-state index is 0.234. The standard InChI is InChI=1S/C11H13F2NO2/c1-7(2)6-16-14-11(15)9-5-8(12)3-4-10(9)13/h3-5,7H,6H2,1-2H3,(H,14,15). The maximum absolute atomic E-state index is 13.1. The molecule has 1 aromatic carbocycles. The first kappa shape index (κ1) is 12.6. The Morgan fingerprint density at radius 3 is 2.75 bits per heavy atom.